The molecule has 1 fully saturated rings. The van der Waals surface area contributed by atoms with Crippen LogP contribution < -0.4 is 4.74 Å². The minimum atomic E-state index is -0.361. The first-order valence-electron chi connectivity index (χ1n) is 11.3. The summed E-state index contributed by atoms with van der Waals surface area (Å²) in [5, 5.41) is 0. The maximum atomic E-state index is 14.3. The lowest BCUT2D eigenvalue weighted by Gasteiger charge is -2.26. The molecule has 1 saturated carbocycles. The number of halogens is 1. The van der Waals surface area contributed by atoms with Crippen LogP contribution in [0.5, 0.6) is 5.88 Å². The number of rotatable bonds is 5. The van der Waals surface area contributed by atoms with E-state index in [1.807, 2.05) is 49.4 Å². The summed E-state index contributed by atoms with van der Waals surface area (Å²) in [6, 6.07) is 17.1. The number of pyridine rings is 1. The Morgan fingerprint density at radius 2 is 1.88 bits per heavy atom. The van der Waals surface area contributed by atoms with Gasteiger partial charge in [-0.2, -0.15) is 0 Å². The normalized spacial score (nSPS) is 17.8. The Kier molecular flexibility index (Phi) is 5.71. The molecule has 5 rings (SSSR count). The molecule has 1 aliphatic carbocycles. The number of aromatic nitrogens is 1. The lowest BCUT2D eigenvalue weighted by molar-refractivity contribution is -0.134. The van der Waals surface area contributed by atoms with Gasteiger partial charge in [0, 0.05) is 17.2 Å². The standard InChI is InChI=1S/C28H26FNO3/c1-17-3-12-24(29)22(15-17)18-6-8-20(9-7-18)26-14-11-21-10-13-25(30-28(21)33-26)23(19-4-5-19)16-27(31)32-2/h3,6-10,12-13,15-16,19,26H,4-5,11,14H2,1-2H3/b23-16-. The van der Waals surface area contributed by atoms with Gasteiger partial charge in [0.1, 0.15) is 11.9 Å². The van der Waals surface area contributed by atoms with Gasteiger partial charge in [-0.25, -0.2) is 14.2 Å². The minimum absolute atomic E-state index is 0.120. The number of esters is 1. The van der Waals surface area contributed by atoms with Crippen molar-refractivity contribution >= 4 is 11.5 Å². The van der Waals surface area contributed by atoms with E-state index in [-0.39, 0.29) is 17.9 Å². The number of fused-ring (bicyclic) bond motifs is 1. The maximum absolute atomic E-state index is 14.3. The monoisotopic (exact) mass is 443 g/mol. The Hall–Kier alpha value is -3.47. The third kappa shape index (κ3) is 4.54. The molecule has 1 aliphatic heterocycles. The third-order valence-electron chi connectivity index (χ3n) is 6.37. The van der Waals surface area contributed by atoms with Gasteiger partial charge >= 0.3 is 5.97 Å². The molecule has 1 unspecified atom stereocenters. The van der Waals surface area contributed by atoms with Crippen molar-refractivity contribution in [3.05, 3.63) is 88.9 Å². The highest BCUT2D eigenvalue weighted by Gasteiger charge is 2.30. The quantitative estimate of drug-likeness (QED) is 0.347. The van der Waals surface area contributed by atoms with Crippen molar-refractivity contribution < 1.29 is 18.7 Å². The highest BCUT2D eigenvalue weighted by molar-refractivity contribution is 5.91. The number of aryl methyl sites for hydroxylation is 2. The Balaban J connectivity index is 1.38. The Morgan fingerprint density at radius 3 is 2.61 bits per heavy atom. The summed E-state index contributed by atoms with van der Waals surface area (Å²) < 4.78 is 25.4. The number of nitrogens with zero attached hydrogens (tertiary/aromatic N) is 1. The zero-order chi connectivity index (χ0) is 22.9. The van der Waals surface area contributed by atoms with Crippen LogP contribution in [0.25, 0.3) is 16.7 Å². The van der Waals surface area contributed by atoms with Gasteiger partial charge in [-0.1, -0.05) is 42.0 Å². The number of carbonyl (C=O) groups is 1. The van der Waals surface area contributed by atoms with Crippen LogP contribution >= 0.6 is 0 Å². The number of carbonyl (C=O) groups excluding carboxylic acids is 1. The predicted octanol–water partition coefficient (Wildman–Crippen LogP) is 6.23. The van der Waals surface area contributed by atoms with E-state index in [1.54, 1.807) is 12.1 Å². The molecule has 3 aromatic rings. The number of hydrogen-bond acceptors (Lipinski definition) is 4. The van der Waals surface area contributed by atoms with E-state index in [4.69, 9.17) is 14.5 Å². The highest BCUT2D eigenvalue weighted by atomic mass is 19.1. The average Bonchev–Trinajstić information content (AvgIpc) is 3.68. The summed E-state index contributed by atoms with van der Waals surface area (Å²) in [7, 11) is 1.38. The van der Waals surface area contributed by atoms with Crippen LogP contribution in [0.2, 0.25) is 0 Å². The van der Waals surface area contributed by atoms with Crippen LogP contribution in [0.3, 0.4) is 0 Å². The molecule has 0 amide bonds. The molecule has 2 aromatic carbocycles. The molecule has 5 heteroatoms. The first kappa shape index (κ1) is 21.4. The fraction of sp³-hybridized carbons (Fsp3) is 0.286. The number of benzene rings is 2. The van der Waals surface area contributed by atoms with E-state index in [0.717, 1.165) is 59.2 Å². The Morgan fingerprint density at radius 1 is 1.09 bits per heavy atom. The van der Waals surface area contributed by atoms with Crippen molar-refractivity contribution in [1.29, 1.82) is 0 Å². The fourth-order valence-electron chi connectivity index (χ4n) is 4.36. The largest absolute Gasteiger partial charge is 0.469 e. The van der Waals surface area contributed by atoms with Crippen molar-refractivity contribution in [2.24, 2.45) is 5.92 Å². The van der Waals surface area contributed by atoms with E-state index < -0.39 is 0 Å². The maximum Gasteiger partial charge on any atom is 0.330 e. The first-order chi connectivity index (χ1) is 16.0. The van der Waals surface area contributed by atoms with Crippen molar-refractivity contribution in [1.82, 2.24) is 4.98 Å². The van der Waals surface area contributed by atoms with E-state index in [2.05, 4.69) is 0 Å². The van der Waals surface area contributed by atoms with Gasteiger partial charge in [0.25, 0.3) is 0 Å². The zero-order valence-electron chi connectivity index (χ0n) is 18.8. The van der Waals surface area contributed by atoms with Crippen LogP contribution in [0.4, 0.5) is 4.39 Å². The minimum Gasteiger partial charge on any atom is -0.469 e. The van der Waals surface area contributed by atoms with Gasteiger partial charge < -0.3 is 9.47 Å². The van der Waals surface area contributed by atoms with Gasteiger partial charge in [0.15, 0.2) is 0 Å². The van der Waals surface area contributed by atoms with Gasteiger partial charge in [-0.15, -0.1) is 0 Å². The smallest absolute Gasteiger partial charge is 0.330 e. The molecule has 0 N–H and O–H groups in total. The summed E-state index contributed by atoms with van der Waals surface area (Å²) in [5.41, 5.74) is 6.27. The van der Waals surface area contributed by atoms with Crippen LogP contribution in [0.1, 0.15) is 47.8 Å². The van der Waals surface area contributed by atoms with Crippen molar-refractivity contribution in [3.63, 3.8) is 0 Å². The molecule has 2 aliphatic rings. The van der Waals surface area contributed by atoms with Crippen molar-refractivity contribution in [2.75, 3.05) is 7.11 Å². The molecule has 0 saturated heterocycles. The molecule has 1 atom stereocenters. The van der Waals surface area contributed by atoms with Gasteiger partial charge in [-0.05, 0) is 73.4 Å². The summed E-state index contributed by atoms with van der Waals surface area (Å²) >= 11 is 0. The van der Waals surface area contributed by atoms with Crippen molar-refractivity contribution in [2.45, 2.75) is 38.7 Å². The number of allylic oxidation sites excluding steroid dienone is 1. The summed E-state index contributed by atoms with van der Waals surface area (Å²) in [4.78, 5) is 16.6. The molecule has 168 valence electrons. The molecule has 33 heavy (non-hydrogen) atoms. The van der Waals surface area contributed by atoms with Crippen LogP contribution in [0, 0.1) is 18.7 Å². The average molecular weight is 444 g/mol. The molecule has 0 spiro atoms. The van der Waals surface area contributed by atoms with Crippen LogP contribution in [0.15, 0.2) is 60.7 Å². The van der Waals surface area contributed by atoms with Gasteiger partial charge in [0.2, 0.25) is 5.88 Å². The summed E-state index contributed by atoms with van der Waals surface area (Å²) in [6.07, 6.45) is 5.25. The second kappa shape index (κ2) is 8.81. The second-order valence-corrected chi connectivity index (χ2v) is 8.81. The highest BCUT2D eigenvalue weighted by Crippen LogP contribution is 2.43. The number of hydrogen-bond donors (Lipinski definition) is 0. The molecule has 0 bridgehead atoms. The molecular weight excluding hydrogens is 417 g/mol. The topological polar surface area (TPSA) is 48.4 Å². The molecule has 1 aromatic heterocycles. The number of ether oxygens (including phenoxy) is 2. The van der Waals surface area contributed by atoms with E-state index >= 15 is 0 Å². The van der Waals surface area contributed by atoms with E-state index in [1.165, 1.54) is 13.2 Å². The van der Waals surface area contributed by atoms with E-state index in [9.17, 15) is 9.18 Å². The van der Waals surface area contributed by atoms with Crippen molar-refractivity contribution in [3.8, 4) is 17.0 Å². The Labute approximate surface area is 193 Å². The third-order valence-corrected chi connectivity index (χ3v) is 6.37. The Bertz CT molecular complexity index is 1230. The molecule has 0 radical (unpaired) electrons. The molecule has 2 heterocycles. The predicted molar refractivity (Wildman–Crippen MR) is 125 cm³/mol. The van der Waals surface area contributed by atoms with Crippen LogP contribution in [-0.4, -0.2) is 18.1 Å². The summed E-state index contributed by atoms with van der Waals surface area (Å²) in [5.74, 6) is 0.386. The first-order valence-corrected chi connectivity index (χ1v) is 11.3. The van der Waals surface area contributed by atoms with Crippen LogP contribution in [-0.2, 0) is 16.0 Å². The zero-order valence-corrected chi connectivity index (χ0v) is 18.8. The van der Waals surface area contributed by atoms with Gasteiger partial charge in [-0.3, -0.25) is 0 Å². The fourth-order valence-corrected chi connectivity index (χ4v) is 4.36. The van der Waals surface area contributed by atoms with Gasteiger partial charge in [0.05, 0.1) is 12.8 Å². The lowest BCUT2D eigenvalue weighted by Crippen LogP contribution is -2.17. The molecule has 4 nitrogen and oxygen atoms in total. The van der Waals surface area contributed by atoms with E-state index in [0.29, 0.717) is 17.4 Å². The summed E-state index contributed by atoms with van der Waals surface area (Å²) in [6.45, 7) is 1.96. The second-order valence-electron chi connectivity index (χ2n) is 8.81. The number of methoxy groups -OCH3 is 1. The SMILES string of the molecule is COC(=O)/C=C(\c1ccc2c(n1)OC(c1ccc(-c3cc(C)ccc3F)cc1)CC2)C1CC1. The molecular formula is C28H26FNO3. The lowest BCUT2D eigenvalue weighted by atomic mass is 9.96.